The van der Waals surface area contributed by atoms with Crippen LogP contribution in [0.25, 0.3) is 0 Å². The van der Waals surface area contributed by atoms with Crippen LogP contribution >= 0.6 is 22.9 Å². The molecule has 0 aliphatic heterocycles. The number of benzene rings is 1. The Kier molecular flexibility index (Phi) is 6.57. The molecule has 0 bridgehead atoms. The summed E-state index contributed by atoms with van der Waals surface area (Å²) in [6, 6.07) is 5.32. The number of ether oxygens (including phenoxy) is 1. The van der Waals surface area contributed by atoms with Gasteiger partial charge in [-0.1, -0.05) is 36.8 Å². The predicted molar refractivity (Wildman–Crippen MR) is 98.2 cm³/mol. The number of aryl methyl sites for hydroxylation is 1. The lowest BCUT2D eigenvalue weighted by Gasteiger charge is -2.06. The summed E-state index contributed by atoms with van der Waals surface area (Å²) in [6.07, 6.45) is 3.06. The molecule has 0 radical (unpaired) electrons. The van der Waals surface area contributed by atoms with Crippen LogP contribution < -0.4 is 15.9 Å². The van der Waals surface area contributed by atoms with Crippen molar-refractivity contribution in [2.75, 3.05) is 12.3 Å². The summed E-state index contributed by atoms with van der Waals surface area (Å²) in [5, 5.41) is 4.82. The average molecular weight is 367 g/mol. The Bertz CT molecular complexity index is 746. The van der Waals surface area contributed by atoms with Gasteiger partial charge in [-0.25, -0.2) is 10.4 Å². The Morgan fingerprint density at radius 3 is 2.96 bits per heavy atom. The van der Waals surface area contributed by atoms with Crippen molar-refractivity contribution in [2.24, 2.45) is 5.10 Å². The van der Waals surface area contributed by atoms with E-state index in [9.17, 15) is 4.79 Å². The molecule has 0 fully saturated rings. The van der Waals surface area contributed by atoms with Crippen molar-refractivity contribution in [2.45, 2.75) is 26.7 Å². The van der Waals surface area contributed by atoms with Crippen molar-refractivity contribution < 1.29 is 9.53 Å². The number of nitrogen functional groups attached to an aromatic ring is 1. The van der Waals surface area contributed by atoms with E-state index in [1.165, 1.54) is 6.21 Å². The van der Waals surface area contributed by atoms with E-state index in [0.29, 0.717) is 39.5 Å². The van der Waals surface area contributed by atoms with Gasteiger partial charge in [0.15, 0.2) is 5.13 Å². The number of hydrogen-bond donors (Lipinski definition) is 2. The molecular weight excluding hydrogens is 348 g/mol. The molecule has 1 aromatic heterocycles. The molecular formula is C16H19ClN4O2S. The first kappa shape index (κ1) is 18.2. The zero-order valence-electron chi connectivity index (χ0n) is 13.5. The van der Waals surface area contributed by atoms with Gasteiger partial charge in [0.1, 0.15) is 10.6 Å². The number of nitrogens with two attached hydrogens (primary N) is 1. The highest BCUT2D eigenvalue weighted by Gasteiger charge is 2.15. The van der Waals surface area contributed by atoms with Gasteiger partial charge in [-0.15, -0.1) is 0 Å². The summed E-state index contributed by atoms with van der Waals surface area (Å²) in [6.45, 7) is 4.55. The molecule has 6 nitrogen and oxygen atoms in total. The Labute approximate surface area is 149 Å². The fraction of sp³-hybridized carbons (Fsp3) is 0.312. The van der Waals surface area contributed by atoms with Crippen molar-refractivity contribution in [3.05, 3.63) is 39.4 Å². The summed E-state index contributed by atoms with van der Waals surface area (Å²) < 4.78 is 5.51. The smallest absolute Gasteiger partial charge is 0.283 e. The number of nitrogens with zero attached hydrogens (tertiary/aromatic N) is 2. The van der Waals surface area contributed by atoms with Gasteiger partial charge in [0.2, 0.25) is 0 Å². The second-order valence-electron chi connectivity index (χ2n) is 4.92. The molecule has 2 rings (SSSR count). The van der Waals surface area contributed by atoms with E-state index < -0.39 is 0 Å². The van der Waals surface area contributed by atoms with Gasteiger partial charge in [-0.2, -0.15) is 5.10 Å². The van der Waals surface area contributed by atoms with Crippen LogP contribution in [0.4, 0.5) is 5.13 Å². The number of carbonyl (C=O) groups excluding carboxylic acids is 1. The molecule has 0 unspecified atom stereocenters. The number of hydrazone groups is 1. The van der Waals surface area contributed by atoms with E-state index in [2.05, 4.69) is 15.5 Å². The van der Waals surface area contributed by atoms with Crippen LogP contribution in [0.5, 0.6) is 5.75 Å². The lowest BCUT2D eigenvalue weighted by atomic mass is 10.2. The third-order valence-corrected chi connectivity index (χ3v) is 4.27. The number of nitrogens with one attached hydrogen (secondary N) is 1. The van der Waals surface area contributed by atoms with Crippen LogP contribution in [-0.2, 0) is 6.42 Å². The molecule has 0 aliphatic rings. The zero-order chi connectivity index (χ0) is 17.5. The maximum Gasteiger partial charge on any atom is 0.283 e. The van der Waals surface area contributed by atoms with Crippen LogP contribution in [0.2, 0.25) is 5.02 Å². The number of amides is 1. The molecule has 0 atom stereocenters. The summed E-state index contributed by atoms with van der Waals surface area (Å²) in [7, 11) is 0. The Hall–Kier alpha value is -2.12. The van der Waals surface area contributed by atoms with Crippen molar-refractivity contribution in [1.82, 2.24) is 10.4 Å². The third kappa shape index (κ3) is 4.69. The molecule has 128 valence electrons. The molecule has 24 heavy (non-hydrogen) atoms. The number of anilines is 1. The minimum atomic E-state index is -0.328. The summed E-state index contributed by atoms with van der Waals surface area (Å²) in [5.74, 6) is 0.304. The SMILES string of the molecule is CCCOc1ccc(/C=N\NC(=O)c2sc(N)nc2CC)cc1Cl. The van der Waals surface area contributed by atoms with Crippen molar-refractivity contribution in [1.29, 1.82) is 0 Å². The topological polar surface area (TPSA) is 89.6 Å². The first-order valence-corrected chi connectivity index (χ1v) is 8.75. The normalized spacial score (nSPS) is 11.0. The molecule has 1 aromatic carbocycles. The maximum absolute atomic E-state index is 12.1. The van der Waals surface area contributed by atoms with E-state index in [1.807, 2.05) is 19.9 Å². The van der Waals surface area contributed by atoms with Crippen molar-refractivity contribution in [3.63, 3.8) is 0 Å². The lowest BCUT2D eigenvalue weighted by molar-refractivity contribution is 0.0958. The molecule has 1 heterocycles. The van der Waals surface area contributed by atoms with Gasteiger partial charge >= 0.3 is 0 Å². The molecule has 3 N–H and O–H groups in total. The fourth-order valence-corrected chi connectivity index (χ4v) is 2.98. The number of carbonyl (C=O) groups is 1. The highest BCUT2D eigenvalue weighted by Crippen LogP contribution is 2.25. The fourth-order valence-electron chi connectivity index (χ4n) is 1.93. The van der Waals surface area contributed by atoms with E-state index in [4.69, 9.17) is 22.1 Å². The average Bonchev–Trinajstić information content (AvgIpc) is 2.95. The van der Waals surface area contributed by atoms with Crippen LogP contribution in [0.15, 0.2) is 23.3 Å². The molecule has 0 aliphatic carbocycles. The van der Waals surface area contributed by atoms with E-state index in [-0.39, 0.29) is 5.91 Å². The quantitative estimate of drug-likeness (QED) is 0.579. The van der Waals surface area contributed by atoms with Crippen LogP contribution in [0.1, 0.15) is 41.2 Å². The van der Waals surface area contributed by atoms with Crippen molar-refractivity contribution in [3.8, 4) is 5.75 Å². The van der Waals surface area contributed by atoms with E-state index >= 15 is 0 Å². The van der Waals surface area contributed by atoms with Gasteiger partial charge in [0, 0.05) is 0 Å². The van der Waals surface area contributed by atoms with Gasteiger partial charge in [0.25, 0.3) is 5.91 Å². The standard InChI is InChI=1S/C16H19ClN4O2S/c1-3-7-23-13-6-5-10(8-11(13)17)9-19-21-15(22)14-12(4-2)20-16(18)24-14/h5-6,8-9H,3-4,7H2,1-2H3,(H2,18,20)(H,21,22)/b19-9-. The third-order valence-electron chi connectivity index (χ3n) is 3.05. The van der Waals surface area contributed by atoms with E-state index in [0.717, 1.165) is 23.3 Å². The highest BCUT2D eigenvalue weighted by atomic mass is 35.5. The number of halogens is 1. The predicted octanol–water partition coefficient (Wildman–Crippen LogP) is 3.49. The van der Waals surface area contributed by atoms with Crippen LogP contribution in [0.3, 0.4) is 0 Å². The zero-order valence-corrected chi connectivity index (χ0v) is 15.1. The van der Waals surface area contributed by atoms with Gasteiger partial charge in [0.05, 0.1) is 23.5 Å². The first-order chi connectivity index (χ1) is 11.5. The molecule has 8 heteroatoms. The van der Waals surface area contributed by atoms with E-state index in [1.54, 1.807) is 12.1 Å². The number of aromatic nitrogens is 1. The maximum atomic E-state index is 12.1. The number of rotatable bonds is 7. The second kappa shape index (κ2) is 8.65. The monoisotopic (exact) mass is 366 g/mol. The molecule has 2 aromatic rings. The summed E-state index contributed by atoms with van der Waals surface area (Å²) in [5.41, 5.74) is 9.54. The second-order valence-corrected chi connectivity index (χ2v) is 6.36. The number of thiazole rings is 1. The van der Waals surface area contributed by atoms with Crippen molar-refractivity contribution >= 4 is 40.2 Å². The largest absolute Gasteiger partial charge is 0.492 e. The van der Waals surface area contributed by atoms with Gasteiger partial charge in [-0.3, -0.25) is 4.79 Å². The minimum Gasteiger partial charge on any atom is -0.492 e. The Morgan fingerprint density at radius 1 is 1.50 bits per heavy atom. The first-order valence-electron chi connectivity index (χ1n) is 7.56. The Morgan fingerprint density at radius 2 is 2.29 bits per heavy atom. The Balaban J connectivity index is 2.00. The molecule has 0 saturated heterocycles. The molecule has 0 saturated carbocycles. The van der Waals surface area contributed by atoms with Crippen LogP contribution in [0, 0.1) is 0 Å². The minimum absolute atomic E-state index is 0.328. The van der Waals surface area contributed by atoms with Gasteiger partial charge < -0.3 is 10.5 Å². The summed E-state index contributed by atoms with van der Waals surface area (Å²) in [4.78, 5) is 16.7. The van der Waals surface area contributed by atoms with Crippen LogP contribution in [-0.4, -0.2) is 23.7 Å². The molecule has 0 spiro atoms. The number of hydrogen-bond acceptors (Lipinski definition) is 6. The molecule has 1 amide bonds. The highest BCUT2D eigenvalue weighted by molar-refractivity contribution is 7.17. The summed E-state index contributed by atoms with van der Waals surface area (Å²) >= 11 is 7.30. The van der Waals surface area contributed by atoms with Gasteiger partial charge in [-0.05, 0) is 36.6 Å². The lowest BCUT2D eigenvalue weighted by Crippen LogP contribution is -2.17.